The summed E-state index contributed by atoms with van der Waals surface area (Å²) in [7, 11) is 0. The molecule has 2 heterocycles. The zero-order valence-corrected chi connectivity index (χ0v) is 10.3. The standard InChI is InChI=1S/C13H8F6N2/c14-12(15,16)6-1-2-9-7(3-6)8-4-11(13(17,18)19)20-5-10(8)21-9/h1-3,5,11,21H,4H2. The second-order valence-corrected chi connectivity index (χ2v) is 4.82. The fourth-order valence-corrected chi connectivity index (χ4v) is 2.39. The molecule has 1 aliphatic heterocycles. The number of alkyl halides is 6. The topological polar surface area (TPSA) is 28.1 Å². The van der Waals surface area contributed by atoms with Crippen molar-refractivity contribution in [3.63, 3.8) is 0 Å². The number of nitrogens with zero attached hydrogens (tertiary/aromatic N) is 1. The minimum atomic E-state index is -4.54. The molecule has 0 aliphatic carbocycles. The molecule has 1 atom stereocenters. The van der Waals surface area contributed by atoms with Crippen LogP contribution in [0.2, 0.25) is 0 Å². The lowest BCUT2D eigenvalue weighted by atomic mass is 9.99. The molecule has 1 unspecified atom stereocenters. The zero-order chi connectivity index (χ0) is 15.4. The lowest BCUT2D eigenvalue weighted by Gasteiger charge is -2.19. The third kappa shape index (κ3) is 2.38. The normalized spacial score (nSPS) is 19.0. The molecule has 1 aliphatic rings. The minimum absolute atomic E-state index is 0.153. The molecule has 0 spiro atoms. The van der Waals surface area contributed by atoms with E-state index in [1.807, 2.05) is 0 Å². The minimum Gasteiger partial charge on any atom is -0.354 e. The summed E-state index contributed by atoms with van der Waals surface area (Å²) < 4.78 is 76.2. The molecule has 3 rings (SSSR count). The van der Waals surface area contributed by atoms with Gasteiger partial charge in [-0.25, -0.2) is 0 Å². The Morgan fingerprint density at radius 3 is 2.43 bits per heavy atom. The van der Waals surface area contributed by atoms with Gasteiger partial charge in [0.05, 0.1) is 11.3 Å². The van der Waals surface area contributed by atoms with Crippen molar-refractivity contribution in [3.8, 4) is 0 Å². The van der Waals surface area contributed by atoms with E-state index in [2.05, 4.69) is 9.98 Å². The monoisotopic (exact) mass is 306 g/mol. The Labute approximate surface area is 114 Å². The predicted molar refractivity (Wildman–Crippen MR) is 64.4 cm³/mol. The van der Waals surface area contributed by atoms with E-state index < -0.39 is 30.4 Å². The second kappa shape index (κ2) is 4.25. The molecule has 0 bridgehead atoms. The highest BCUT2D eigenvalue weighted by atomic mass is 19.4. The maximum atomic E-state index is 12.7. The van der Waals surface area contributed by atoms with Crippen LogP contribution in [0.3, 0.4) is 0 Å². The summed E-state index contributed by atoms with van der Waals surface area (Å²) in [5, 5.41) is 0.153. The third-order valence-corrected chi connectivity index (χ3v) is 3.43. The molecule has 0 saturated heterocycles. The molecular formula is C13H8F6N2. The van der Waals surface area contributed by atoms with Crippen LogP contribution in [0.5, 0.6) is 0 Å². The van der Waals surface area contributed by atoms with Gasteiger partial charge in [-0.15, -0.1) is 0 Å². The Bertz CT molecular complexity index is 723. The maximum Gasteiger partial charge on any atom is 0.416 e. The van der Waals surface area contributed by atoms with E-state index in [1.165, 1.54) is 6.07 Å². The van der Waals surface area contributed by atoms with Crippen LogP contribution in [0.4, 0.5) is 26.3 Å². The number of halogens is 6. The summed E-state index contributed by atoms with van der Waals surface area (Å²) in [4.78, 5) is 6.19. The van der Waals surface area contributed by atoms with Gasteiger partial charge in [-0.05, 0) is 23.8 Å². The van der Waals surface area contributed by atoms with Crippen LogP contribution in [0.25, 0.3) is 10.9 Å². The SMILES string of the molecule is FC(F)(F)c1ccc2[nH]c3c(c2c1)CC(C(F)(F)F)N=C3. The highest BCUT2D eigenvalue weighted by molar-refractivity contribution is 5.95. The summed E-state index contributed by atoms with van der Waals surface area (Å²) in [6.07, 6.45) is -8.48. The van der Waals surface area contributed by atoms with Gasteiger partial charge >= 0.3 is 12.4 Å². The molecule has 0 fully saturated rings. The van der Waals surface area contributed by atoms with Gasteiger partial charge in [0.2, 0.25) is 0 Å². The fraction of sp³-hybridized carbons (Fsp3) is 0.308. The van der Waals surface area contributed by atoms with E-state index in [0.29, 0.717) is 11.2 Å². The van der Waals surface area contributed by atoms with E-state index in [9.17, 15) is 26.3 Å². The Morgan fingerprint density at radius 2 is 1.81 bits per heavy atom. The van der Waals surface area contributed by atoms with E-state index in [0.717, 1.165) is 18.3 Å². The van der Waals surface area contributed by atoms with Crippen LogP contribution in [0.15, 0.2) is 23.2 Å². The number of nitrogens with one attached hydrogen (secondary N) is 1. The maximum absolute atomic E-state index is 12.7. The van der Waals surface area contributed by atoms with Crippen molar-refractivity contribution < 1.29 is 26.3 Å². The van der Waals surface area contributed by atoms with Crippen molar-refractivity contribution in [2.75, 3.05) is 0 Å². The number of rotatable bonds is 0. The first-order valence-electron chi connectivity index (χ1n) is 5.98. The molecule has 0 radical (unpaired) electrons. The number of aromatic amines is 1. The summed E-state index contributed by atoms with van der Waals surface area (Å²) in [6, 6.07) is 1.06. The van der Waals surface area contributed by atoms with E-state index in [-0.39, 0.29) is 10.9 Å². The number of hydrogen-bond acceptors (Lipinski definition) is 1. The molecular weight excluding hydrogens is 298 g/mol. The Morgan fingerprint density at radius 1 is 1.10 bits per heavy atom. The van der Waals surface area contributed by atoms with Crippen LogP contribution in [0.1, 0.15) is 16.8 Å². The highest BCUT2D eigenvalue weighted by Crippen LogP contribution is 2.36. The smallest absolute Gasteiger partial charge is 0.354 e. The molecule has 112 valence electrons. The van der Waals surface area contributed by atoms with Gasteiger partial charge in [-0.3, -0.25) is 4.99 Å². The highest BCUT2D eigenvalue weighted by Gasteiger charge is 2.41. The van der Waals surface area contributed by atoms with Gasteiger partial charge in [0, 0.05) is 23.5 Å². The van der Waals surface area contributed by atoms with Crippen LogP contribution in [0, 0.1) is 0 Å². The summed E-state index contributed by atoms with van der Waals surface area (Å²) in [5.41, 5.74) is 0.0170. The van der Waals surface area contributed by atoms with Crippen LogP contribution >= 0.6 is 0 Å². The Hall–Kier alpha value is -1.99. The largest absolute Gasteiger partial charge is 0.416 e. The molecule has 0 saturated carbocycles. The van der Waals surface area contributed by atoms with Gasteiger partial charge in [0.1, 0.15) is 6.04 Å². The first kappa shape index (κ1) is 14.0. The van der Waals surface area contributed by atoms with E-state index in [4.69, 9.17) is 0 Å². The van der Waals surface area contributed by atoms with E-state index in [1.54, 1.807) is 0 Å². The lowest BCUT2D eigenvalue weighted by Crippen LogP contribution is -2.31. The average Bonchev–Trinajstić information content (AvgIpc) is 2.73. The molecule has 21 heavy (non-hydrogen) atoms. The van der Waals surface area contributed by atoms with Crippen molar-refractivity contribution >= 4 is 17.1 Å². The van der Waals surface area contributed by atoms with E-state index >= 15 is 0 Å². The molecule has 1 aromatic heterocycles. The first-order chi connectivity index (χ1) is 9.66. The summed E-state index contributed by atoms with van der Waals surface area (Å²) >= 11 is 0. The second-order valence-electron chi connectivity index (χ2n) is 4.82. The first-order valence-corrected chi connectivity index (χ1v) is 5.98. The van der Waals surface area contributed by atoms with Crippen molar-refractivity contribution in [3.05, 3.63) is 35.0 Å². The summed E-state index contributed by atoms with van der Waals surface area (Å²) in [5.74, 6) is 0. The Kier molecular flexibility index (Phi) is 2.83. The van der Waals surface area contributed by atoms with Crippen LogP contribution in [-0.4, -0.2) is 23.4 Å². The molecule has 1 N–H and O–H groups in total. The number of benzene rings is 1. The van der Waals surface area contributed by atoms with Gasteiger partial charge in [-0.1, -0.05) is 0 Å². The fourth-order valence-electron chi connectivity index (χ4n) is 2.39. The molecule has 8 heteroatoms. The number of aliphatic imine (C=N–C) groups is 1. The quantitative estimate of drug-likeness (QED) is 0.710. The van der Waals surface area contributed by atoms with Gasteiger partial charge in [-0.2, -0.15) is 26.3 Å². The molecule has 2 aromatic rings. The van der Waals surface area contributed by atoms with Crippen molar-refractivity contribution in [2.24, 2.45) is 4.99 Å². The molecule has 1 aromatic carbocycles. The predicted octanol–water partition coefficient (Wildman–Crippen LogP) is 4.09. The lowest BCUT2D eigenvalue weighted by molar-refractivity contribution is -0.146. The van der Waals surface area contributed by atoms with Gasteiger partial charge in [0.25, 0.3) is 0 Å². The van der Waals surface area contributed by atoms with Crippen molar-refractivity contribution in [1.29, 1.82) is 0 Å². The third-order valence-electron chi connectivity index (χ3n) is 3.43. The van der Waals surface area contributed by atoms with Crippen LogP contribution in [-0.2, 0) is 12.6 Å². The van der Waals surface area contributed by atoms with Gasteiger partial charge in [0.15, 0.2) is 0 Å². The zero-order valence-electron chi connectivity index (χ0n) is 10.3. The number of H-pyrrole nitrogens is 1. The molecule has 2 nitrogen and oxygen atoms in total. The number of fused-ring (bicyclic) bond motifs is 3. The van der Waals surface area contributed by atoms with Crippen molar-refractivity contribution in [2.45, 2.75) is 24.8 Å². The summed E-state index contributed by atoms with van der Waals surface area (Å²) in [6.45, 7) is 0. The number of aromatic nitrogens is 1. The average molecular weight is 306 g/mol. The molecule has 0 amide bonds. The number of hydrogen-bond donors (Lipinski definition) is 1. The van der Waals surface area contributed by atoms with Gasteiger partial charge < -0.3 is 4.98 Å². The van der Waals surface area contributed by atoms with Crippen LogP contribution < -0.4 is 0 Å². The Balaban J connectivity index is 2.12. The van der Waals surface area contributed by atoms with Crippen molar-refractivity contribution in [1.82, 2.24) is 4.98 Å².